The molecule has 3 heterocycles. The van der Waals surface area contributed by atoms with Crippen LogP contribution in [0.15, 0.2) is 41.8 Å². The summed E-state index contributed by atoms with van der Waals surface area (Å²) in [6, 6.07) is 11.7. The molecule has 2 fully saturated rings. The van der Waals surface area contributed by atoms with E-state index in [1.165, 1.54) is 0 Å². The van der Waals surface area contributed by atoms with Crippen LogP contribution < -0.4 is 10.2 Å². The lowest BCUT2D eigenvalue weighted by atomic mass is 9.85. The SMILES string of the molecule is CCNC(=O)CN1CCCN(C(=O)C2CCC(=O)N(c3ccc(C)cc3)C2c2cccs2)CC1. The van der Waals surface area contributed by atoms with Crippen LogP contribution in [-0.4, -0.2) is 66.8 Å². The van der Waals surface area contributed by atoms with Crippen LogP contribution in [0.1, 0.15) is 42.7 Å². The molecule has 182 valence electrons. The Bertz CT molecular complexity index is 992. The van der Waals surface area contributed by atoms with Crippen LogP contribution in [-0.2, 0) is 14.4 Å². The number of piperidine rings is 1. The molecule has 2 saturated heterocycles. The van der Waals surface area contributed by atoms with Crippen molar-refractivity contribution in [1.82, 2.24) is 15.1 Å². The van der Waals surface area contributed by atoms with Crippen molar-refractivity contribution in [1.29, 1.82) is 0 Å². The number of rotatable bonds is 6. The first-order valence-electron chi connectivity index (χ1n) is 12.2. The lowest BCUT2D eigenvalue weighted by Crippen LogP contribution is -2.49. The van der Waals surface area contributed by atoms with Gasteiger partial charge in [-0.05, 0) is 50.3 Å². The third-order valence-electron chi connectivity index (χ3n) is 6.70. The standard InChI is InChI=1S/C26H34N4O3S/c1-3-27-23(31)18-28-13-5-14-29(16-15-28)26(33)21-11-12-24(32)30(20-9-7-19(2)8-10-20)25(21)22-6-4-17-34-22/h4,6-10,17,21,25H,3,5,11-16,18H2,1-2H3,(H,27,31). The summed E-state index contributed by atoms with van der Waals surface area (Å²) in [5.41, 5.74) is 1.98. The lowest BCUT2D eigenvalue weighted by molar-refractivity contribution is -0.138. The van der Waals surface area contributed by atoms with Crippen molar-refractivity contribution in [2.24, 2.45) is 5.92 Å². The second-order valence-corrected chi connectivity index (χ2v) is 10.1. The molecule has 2 aromatic rings. The van der Waals surface area contributed by atoms with E-state index in [2.05, 4.69) is 10.2 Å². The number of thiophene rings is 1. The highest BCUT2D eigenvalue weighted by molar-refractivity contribution is 7.10. The molecule has 0 saturated carbocycles. The number of anilines is 1. The van der Waals surface area contributed by atoms with Crippen LogP contribution in [0.25, 0.3) is 0 Å². The van der Waals surface area contributed by atoms with E-state index in [0.717, 1.165) is 29.1 Å². The third-order valence-corrected chi connectivity index (χ3v) is 7.65. The second-order valence-electron chi connectivity index (χ2n) is 9.11. The molecule has 7 nitrogen and oxygen atoms in total. The zero-order valence-electron chi connectivity index (χ0n) is 20.0. The zero-order chi connectivity index (χ0) is 24.1. The Labute approximate surface area is 205 Å². The summed E-state index contributed by atoms with van der Waals surface area (Å²) in [6.45, 7) is 7.69. The van der Waals surface area contributed by atoms with Crippen LogP contribution in [0.4, 0.5) is 5.69 Å². The first-order valence-corrected chi connectivity index (χ1v) is 13.1. The average Bonchev–Trinajstić information content (AvgIpc) is 3.26. The van der Waals surface area contributed by atoms with Gasteiger partial charge in [0.05, 0.1) is 18.5 Å². The molecule has 0 radical (unpaired) electrons. The number of hydrogen-bond donors (Lipinski definition) is 1. The van der Waals surface area contributed by atoms with Crippen molar-refractivity contribution < 1.29 is 14.4 Å². The van der Waals surface area contributed by atoms with Crippen LogP contribution >= 0.6 is 11.3 Å². The number of hydrogen-bond acceptors (Lipinski definition) is 5. The molecule has 2 aliphatic heterocycles. The van der Waals surface area contributed by atoms with Crippen LogP contribution in [0.5, 0.6) is 0 Å². The van der Waals surface area contributed by atoms with Gasteiger partial charge in [-0.2, -0.15) is 0 Å². The molecule has 8 heteroatoms. The van der Waals surface area contributed by atoms with Crippen molar-refractivity contribution in [2.75, 3.05) is 44.2 Å². The van der Waals surface area contributed by atoms with Crippen LogP contribution in [0.3, 0.4) is 0 Å². The van der Waals surface area contributed by atoms with Crippen molar-refractivity contribution in [2.45, 2.75) is 39.2 Å². The largest absolute Gasteiger partial charge is 0.355 e. The van der Waals surface area contributed by atoms with Gasteiger partial charge in [0.15, 0.2) is 0 Å². The molecule has 2 unspecified atom stereocenters. The number of nitrogens with one attached hydrogen (secondary N) is 1. The second kappa shape index (κ2) is 11.1. The number of carbonyl (C=O) groups is 3. The highest BCUT2D eigenvalue weighted by atomic mass is 32.1. The number of carbonyl (C=O) groups excluding carboxylic acids is 3. The topological polar surface area (TPSA) is 73.0 Å². The predicted molar refractivity (Wildman–Crippen MR) is 135 cm³/mol. The minimum Gasteiger partial charge on any atom is -0.355 e. The maximum Gasteiger partial charge on any atom is 0.234 e. The van der Waals surface area contributed by atoms with Gasteiger partial charge in [-0.3, -0.25) is 19.3 Å². The molecule has 1 N–H and O–H groups in total. The highest BCUT2D eigenvalue weighted by Gasteiger charge is 2.43. The molecule has 0 bridgehead atoms. The van der Waals surface area contributed by atoms with Gasteiger partial charge in [0.2, 0.25) is 17.7 Å². The predicted octanol–water partition coefficient (Wildman–Crippen LogP) is 3.21. The van der Waals surface area contributed by atoms with Gasteiger partial charge in [-0.25, -0.2) is 0 Å². The van der Waals surface area contributed by atoms with Crippen LogP contribution in [0.2, 0.25) is 0 Å². The molecule has 3 amide bonds. The van der Waals surface area contributed by atoms with Gasteiger partial charge in [0, 0.05) is 49.7 Å². The monoisotopic (exact) mass is 482 g/mol. The van der Waals surface area contributed by atoms with E-state index in [1.807, 2.05) is 65.4 Å². The van der Waals surface area contributed by atoms with Crippen LogP contribution in [0, 0.1) is 12.8 Å². The summed E-state index contributed by atoms with van der Waals surface area (Å²) in [5, 5.41) is 4.86. The normalized spacial score (nSPS) is 21.9. The first-order chi connectivity index (χ1) is 16.5. The van der Waals surface area contributed by atoms with E-state index in [0.29, 0.717) is 45.6 Å². The molecular weight excluding hydrogens is 448 g/mol. The summed E-state index contributed by atoms with van der Waals surface area (Å²) in [5.74, 6) is -0.0784. The number of benzene rings is 1. The summed E-state index contributed by atoms with van der Waals surface area (Å²) in [6.07, 6.45) is 1.76. The molecule has 4 rings (SSSR count). The molecule has 2 atom stereocenters. The summed E-state index contributed by atoms with van der Waals surface area (Å²) in [7, 11) is 0. The third kappa shape index (κ3) is 5.50. The van der Waals surface area contributed by atoms with Crippen molar-refractivity contribution >= 4 is 34.7 Å². The first kappa shape index (κ1) is 24.4. The average molecular weight is 483 g/mol. The van der Waals surface area contributed by atoms with Gasteiger partial charge in [0.25, 0.3) is 0 Å². The summed E-state index contributed by atoms with van der Waals surface area (Å²) >= 11 is 1.60. The lowest BCUT2D eigenvalue weighted by Gasteiger charge is -2.41. The van der Waals surface area contributed by atoms with Crippen molar-refractivity contribution in [3.8, 4) is 0 Å². The fraction of sp³-hybridized carbons (Fsp3) is 0.500. The van der Waals surface area contributed by atoms with Gasteiger partial charge in [-0.1, -0.05) is 23.8 Å². The quantitative estimate of drug-likeness (QED) is 0.686. The Balaban J connectivity index is 1.54. The number of amides is 3. The van der Waals surface area contributed by atoms with E-state index in [9.17, 15) is 14.4 Å². The Morgan fingerprint density at radius 1 is 1.09 bits per heavy atom. The van der Waals surface area contributed by atoms with Gasteiger partial charge >= 0.3 is 0 Å². The Hall–Kier alpha value is -2.71. The molecule has 0 spiro atoms. The maximum atomic E-state index is 13.9. The zero-order valence-corrected chi connectivity index (χ0v) is 20.9. The number of aryl methyl sites for hydroxylation is 1. The minimum atomic E-state index is -0.300. The fourth-order valence-corrected chi connectivity index (χ4v) is 5.87. The van der Waals surface area contributed by atoms with Gasteiger partial charge in [0.1, 0.15) is 0 Å². The van der Waals surface area contributed by atoms with E-state index < -0.39 is 0 Å². The van der Waals surface area contributed by atoms with E-state index in [4.69, 9.17) is 0 Å². The van der Waals surface area contributed by atoms with Crippen molar-refractivity contribution in [3.63, 3.8) is 0 Å². The highest BCUT2D eigenvalue weighted by Crippen LogP contribution is 2.42. The Morgan fingerprint density at radius 3 is 2.59 bits per heavy atom. The molecule has 1 aromatic heterocycles. The smallest absolute Gasteiger partial charge is 0.234 e. The van der Waals surface area contributed by atoms with Gasteiger partial charge < -0.3 is 15.1 Å². The molecular formula is C26H34N4O3S. The molecule has 0 aliphatic carbocycles. The van der Waals surface area contributed by atoms with E-state index in [1.54, 1.807) is 11.3 Å². The Morgan fingerprint density at radius 2 is 1.88 bits per heavy atom. The minimum absolute atomic E-state index is 0.0274. The van der Waals surface area contributed by atoms with Gasteiger partial charge in [-0.15, -0.1) is 11.3 Å². The van der Waals surface area contributed by atoms with E-state index in [-0.39, 0.29) is 29.7 Å². The number of likely N-dealkylation sites (N-methyl/N-ethyl adjacent to an activating group) is 1. The molecule has 2 aliphatic rings. The van der Waals surface area contributed by atoms with Crippen molar-refractivity contribution in [3.05, 3.63) is 52.2 Å². The Kier molecular flexibility index (Phi) is 8.00. The van der Waals surface area contributed by atoms with E-state index >= 15 is 0 Å². The number of nitrogens with zero attached hydrogens (tertiary/aromatic N) is 3. The molecule has 1 aromatic carbocycles. The molecule has 34 heavy (non-hydrogen) atoms. The summed E-state index contributed by atoms with van der Waals surface area (Å²) < 4.78 is 0. The fourth-order valence-electron chi connectivity index (χ4n) is 4.99. The maximum absolute atomic E-state index is 13.9. The summed E-state index contributed by atoms with van der Waals surface area (Å²) in [4.78, 5) is 46.0.